The van der Waals surface area contributed by atoms with Gasteiger partial charge in [0.15, 0.2) is 5.78 Å². The van der Waals surface area contributed by atoms with Crippen LogP contribution in [-0.2, 0) is 9.47 Å². The van der Waals surface area contributed by atoms with Gasteiger partial charge in [0.05, 0.1) is 19.8 Å². The Morgan fingerprint density at radius 3 is 1.70 bits per heavy atom. The van der Waals surface area contributed by atoms with E-state index in [4.69, 9.17) is 19.7 Å². The molecule has 0 saturated carbocycles. The highest BCUT2D eigenvalue weighted by Gasteiger charge is 2.22. The topological polar surface area (TPSA) is 115 Å². The molecule has 0 aliphatic carbocycles. The first-order chi connectivity index (χ1) is 19.6. The molecular formula is C30H46N4O6. The minimum atomic E-state index is -0.346. The van der Waals surface area contributed by atoms with Gasteiger partial charge in [-0.05, 0) is 48.5 Å². The van der Waals surface area contributed by atoms with E-state index in [2.05, 4.69) is 29.0 Å². The molecule has 2 heterocycles. The molecule has 0 atom stereocenters. The molecule has 0 unspecified atom stereocenters. The van der Waals surface area contributed by atoms with E-state index < -0.39 is 0 Å². The number of anilines is 2. The van der Waals surface area contributed by atoms with Crippen LogP contribution in [0.2, 0.25) is 0 Å². The number of hydrogen-bond acceptors (Lipinski definition) is 9. The van der Waals surface area contributed by atoms with Crippen molar-refractivity contribution in [1.82, 2.24) is 10.2 Å². The molecule has 2 aromatic rings. The average Bonchev–Trinajstić information content (AvgIpc) is 3.02. The molecule has 1 amide bonds. The van der Waals surface area contributed by atoms with E-state index in [1.807, 2.05) is 48.5 Å². The minimum Gasteiger partial charge on any atom is -0.447 e. The lowest BCUT2D eigenvalue weighted by molar-refractivity contribution is 0.0411. The van der Waals surface area contributed by atoms with Gasteiger partial charge < -0.3 is 39.7 Å². The zero-order valence-electron chi connectivity index (χ0n) is 24.2. The Labute approximate surface area is 238 Å². The van der Waals surface area contributed by atoms with Crippen LogP contribution in [0.15, 0.2) is 48.5 Å². The number of piperazine rings is 2. The van der Waals surface area contributed by atoms with Crippen molar-refractivity contribution in [2.24, 2.45) is 0 Å². The molecule has 0 aromatic heterocycles. The van der Waals surface area contributed by atoms with Crippen molar-refractivity contribution < 1.29 is 29.3 Å². The number of ketones is 1. The van der Waals surface area contributed by atoms with Crippen molar-refractivity contribution in [3.05, 3.63) is 59.7 Å². The summed E-state index contributed by atoms with van der Waals surface area (Å²) in [4.78, 5) is 31.4. The van der Waals surface area contributed by atoms with E-state index in [1.54, 1.807) is 4.90 Å². The van der Waals surface area contributed by atoms with Crippen LogP contribution in [0, 0.1) is 0 Å². The summed E-state index contributed by atoms with van der Waals surface area (Å²) in [6.45, 7) is 11.3. The largest absolute Gasteiger partial charge is 0.447 e. The second-order valence-electron chi connectivity index (χ2n) is 9.29. The Bertz CT molecular complexity index is 973. The number of carbonyl (C=O) groups is 2. The third-order valence-corrected chi connectivity index (χ3v) is 6.33. The van der Waals surface area contributed by atoms with Gasteiger partial charge >= 0.3 is 6.09 Å². The first-order valence-electron chi connectivity index (χ1n) is 14.1. The lowest BCUT2D eigenvalue weighted by Gasteiger charge is -2.35. The SMILES string of the molecule is CCC.CO.O=C(c1ccc(N2CCNCC2)cc1)c1ccc(N2CCN(C(=O)OCCOCCO)CC2)cc1. The van der Waals surface area contributed by atoms with E-state index in [0.29, 0.717) is 37.3 Å². The summed E-state index contributed by atoms with van der Waals surface area (Å²) in [6.07, 6.45) is 0.904. The predicted molar refractivity (Wildman–Crippen MR) is 159 cm³/mol. The number of aliphatic hydroxyl groups excluding tert-OH is 2. The maximum Gasteiger partial charge on any atom is 0.409 e. The molecule has 2 aliphatic rings. The van der Waals surface area contributed by atoms with Crippen molar-refractivity contribution >= 4 is 23.3 Å². The molecule has 2 aliphatic heterocycles. The molecule has 10 nitrogen and oxygen atoms in total. The van der Waals surface area contributed by atoms with Gasteiger partial charge in [-0.15, -0.1) is 0 Å². The maximum atomic E-state index is 13.0. The summed E-state index contributed by atoms with van der Waals surface area (Å²) < 4.78 is 10.3. The molecule has 3 N–H and O–H groups in total. The number of benzene rings is 2. The molecule has 0 bridgehead atoms. The number of amides is 1. The molecular weight excluding hydrogens is 512 g/mol. The van der Waals surface area contributed by atoms with Gasteiger partial charge in [-0.25, -0.2) is 4.79 Å². The van der Waals surface area contributed by atoms with Gasteiger partial charge in [-0.2, -0.15) is 0 Å². The fourth-order valence-corrected chi connectivity index (χ4v) is 4.33. The van der Waals surface area contributed by atoms with Crippen LogP contribution in [0.1, 0.15) is 36.2 Å². The molecule has 40 heavy (non-hydrogen) atoms. The van der Waals surface area contributed by atoms with Crippen LogP contribution in [0.4, 0.5) is 16.2 Å². The van der Waals surface area contributed by atoms with Crippen molar-refractivity contribution in [3.63, 3.8) is 0 Å². The maximum absolute atomic E-state index is 13.0. The third kappa shape index (κ3) is 10.4. The third-order valence-electron chi connectivity index (χ3n) is 6.33. The number of ether oxygens (including phenoxy) is 2. The minimum absolute atomic E-state index is 0.0129. The Hall–Kier alpha value is -3.18. The standard InChI is InChI=1S/C26H34N4O5.C3H8.CH4O/c31-17-18-34-19-20-35-26(33)30-15-13-29(14-16-30)24-7-3-22(4-8-24)25(32)21-1-5-23(6-2-21)28-11-9-27-10-12-28;1-3-2;1-2/h1-8,27,31H,9-20H2;3H2,1-2H3;2H,1H3. The van der Waals surface area contributed by atoms with Crippen molar-refractivity contribution in [3.8, 4) is 0 Å². The van der Waals surface area contributed by atoms with Crippen LogP contribution in [0.5, 0.6) is 0 Å². The fourth-order valence-electron chi connectivity index (χ4n) is 4.33. The highest BCUT2D eigenvalue weighted by Crippen LogP contribution is 2.21. The fraction of sp³-hybridized carbons (Fsp3) is 0.533. The quantitative estimate of drug-likeness (QED) is 0.316. The smallest absolute Gasteiger partial charge is 0.409 e. The Balaban J connectivity index is 0.00000105. The monoisotopic (exact) mass is 558 g/mol. The van der Waals surface area contributed by atoms with Gasteiger partial charge in [0.25, 0.3) is 0 Å². The van der Waals surface area contributed by atoms with Gasteiger partial charge in [0.2, 0.25) is 0 Å². The Morgan fingerprint density at radius 1 is 0.750 bits per heavy atom. The van der Waals surface area contributed by atoms with Crippen molar-refractivity contribution in [2.75, 3.05) is 95.7 Å². The van der Waals surface area contributed by atoms with E-state index in [1.165, 1.54) is 6.42 Å². The van der Waals surface area contributed by atoms with Crippen LogP contribution in [0.25, 0.3) is 0 Å². The van der Waals surface area contributed by atoms with Crippen molar-refractivity contribution in [1.29, 1.82) is 0 Å². The normalized spacial score (nSPS) is 14.9. The van der Waals surface area contributed by atoms with E-state index in [-0.39, 0.29) is 38.3 Å². The average molecular weight is 559 g/mol. The molecule has 222 valence electrons. The lowest BCUT2D eigenvalue weighted by Crippen LogP contribution is -2.49. The molecule has 10 heteroatoms. The van der Waals surface area contributed by atoms with Gasteiger partial charge in [0.1, 0.15) is 6.61 Å². The summed E-state index contributed by atoms with van der Waals surface area (Å²) in [5.74, 6) is 0.0129. The van der Waals surface area contributed by atoms with Gasteiger partial charge in [-0.1, -0.05) is 20.3 Å². The molecule has 0 spiro atoms. The summed E-state index contributed by atoms with van der Waals surface area (Å²) in [7, 11) is 1.00. The number of hydrogen-bond donors (Lipinski definition) is 3. The highest BCUT2D eigenvalue weighted by atomic mass is 16.6. The predicted octanol–water partition coefficient (Wildman–Crippen LogP) is 2.62. The first-order valence-corrected chi connectivity index (χ1v) is 14.1. The van der Waals surface area contributed by atoms with E-state index in [0.717, 1.165) is 44.7 Å². The molecule has 2 fully saturated rings. The van der Waals surface area contributed by atoms with Crippen LogP contribution in [0.3, 0.4) is 0 Å². The van der Waals surface area contributed by atoms with Crippen LogP contribution >= 0.6 is 0 Å². The number of aliphatic hydroxyl groups is 2. The van der Waals surface area contributed by atoms with Crippen LogP contribution < -0.4 is 15.1 Å². The number of nitrogens with one attached hydrogen (secondary N) is 1. The lowest BCUT2D eigenvalue weighted by atomic mass is 10.0. The summed E-state index contributed by atoms with van der Waals surface area (Å²) in [5.41, 5.74) is 3.53. The van der Waals surface area contributed by atoms with Gasteiger partial charge in [-0.3, -0.25) is 4.79 Å². The highest BCUT2D eigenvalue weighted by molar-refractivity contribution is 6.09. The van der Waals surface area contributed by atoms with E-state index in [9.17, 15) is 9.59 Å². The number of rotatable bonds is 9. The second kappa shape index (κ2) is 19.0. The second-order valence-corrected chi connectivity index (χ2v) is 9.29. The zero-order valence-corrected chi connectivity index (χ0v) is 24.2. The summed E-state index contributed by atoms with van der Waals surface area (Å²) in [5, 5.41) is 19.0. The molecule has 0 radical (unpaired) electrons. The Morgan fingerprint density at radius 2 is 1.23 bits per heavy atom. The molecule has 2 saturated heterocycles. The summed E-state index contributed by atoms with van der Waals surface area (Å²) in [6, 6.07) is 15.5. The molecule has 4 rings (SSSR count). The van der Waals surface area contributed by atoms with E-state index >= 15 is 0 Å². The molecule has 2 aromatic carbocycles. The Kier molecular flexibility index (Phi) is 15.7. The number of nitrogens with zero attached hydrogens (tertiary/aromatic N) is 3. The first kappa shape index (κ1) is 33.0. The van der Waals surface area contributed by atoms with Crippen molar-refractivity contribution in [2.45, 2.75) is 20.3 Å². The van der Waals surface area contributed by atoms with Gasteiger partial charge in [0, 0.05) is 82.0 Å². The summed E-state index contributed by atoms with van der Waals surface area (Å²) >= 11 is 0. The zero-order chi connectivity index (χ0) is 29.2. The number of carbonyl (C=O) groups excluding carboxylic acids is 2. The van der Waals surface area contributed by atoms with Crippen LogP contribution in [-0.4, -0.2) is 113 Å².